The van der Waals surface area contributed by atoms with Crippen LogP contribution in [0.1, 0.15) is 33.1 Å². The molecular weight excluding hydrogens is 110 g/mol. The zero-order valence-corrected chi connectivity index (χ0v) is 6.43. The average Bonchev–Trinajstić information content (AvgIpc) is 1.80. The van der Waals surface area contributed by atoms with Crippen LogP contribution in [0.15, 0.2) is 0 Å². The maximum Gasteiger partial charge on any atom is 0.00647 e. The molecule has 1 saturated carbocycles. The zero-order chi connectivity index (χ0) is 6.85. The molecule has 0 aromatic rings. The number of hydrogen-bond donors (Lipinski definition) is 1. The normalized spacial score (nSPS) is 45.0. The maximum atomic E-state index is 5.84. The van der Waals surface area contributed by atoms with Crippen molar-refractivity contribution in [1.82, 2.24) is 0 Å². The summed E-state index contributed by atoms with van der Waals surface area (Å²) in [6.45, 7) is 4.59. The van der Waals surface area contributed by atoms with E-state index in [0.29, 0.717) is 6.04 Å². The van der Waals surface area contributed by atoms with Crippen molar-refractivity contribution in [3.8, 4) is 0 Å². The van der Waals surface area contributed by atoms with Crippen LogP contribution in [0.4, 0.5) is 0 Å². The van der Waals surface area contributed by atoms with E-state index in [2.05, 4.69) is 13.8 Å². The molecule has 0 heterocycles. The summed E-state index contributed by atoms with van der Waals surface area (Å²) in [7, 11) is 0. The highest BCUT2D eigenvalue weighted by molar-refractivity contribution is 4.77. The molecule has 0 spiro atoms. The molecule has 0 aromatic carbocycles. The van der Waals surface area contributed by atoms with Gasteiger partial charge in [0, 0.05) is 6.04 Å². The molecule has 1 fully saturated rings. The Balaban J connectivity index is 2.35. The maximum absolute atomic E-state index is 5.84. The van der Waals surface area contributed by atoms with Crippen molar-refractivity contribution in [3.05, 3.63) is 0 Å². The van der Waals surface area contributed by atoms with Crippen LogP contribution in [-0.2, 0) is 0 Å². The first-order chi connectivity index (χ1) is 4.20. The van der Waals surface area contributed by atoms with E-state index in [4.69, 9.17) is 5.73 Å². The van der Waals surface area contributed by atoms with Crippen LogP contribution in [0, 0.1) is 11.8 Å². The van der Waals surface area contributed by atoms with Crippen molar-refractivity contribution in [3.63, 3.8) is 0 Å². The Labute approximate surface area is 57.6 Å². The van der Waals surface area contributed by atoms with Crippen molar-refractivity contribution in [2.24, 2.45) is 17.6 Å². The van der Waals surface area contributed by atoms with Gasteiger partial charge in [0.05, 0.1) is 0 Å². The molecule has 1 unspecified atom stereocenters. The van der Waals surface area contributed by atoms with E-state index in [0.717, 1.165) is 11.8 Å². The van der Waals surface area contributed by atoms with Crippen molar-refractivity contribution >= 4 is 0 Å². The van der Waals surface area contributed by atoms with Gasteiger partial charge in [-0.15, -0.1) is 0 Å². The predicted octanol–water partition coefficient (Wildman–Crippen LogP) is 1.77. The third-order valence-corrected chi connectivity index (χ3v) is 2.50. The Morgan fingerprint density at radius 1 is 1.22 bits per heavy atom. The summed E-state index contributed by atoms with van der Waals surface area (Å²) in [4.78, 5) is 0. The minimum atomic E-state index is 0.487. The third-order valence-electron chi connectivity index (χ3n) is 2.50. The highest BCUT2D eigenvalue weighted by Crippen LogP contribution is 2.26. The fourth-order valence-corrected chi connectivity index (χ4v) is 1.69. The van der Waals surface area contributed by atoms with E-state index in [9.17, 15) is 0 Å². The Morgan fingerprint density at radius 3 is 2.33 bits per heavy atom. The molecule has 0 aromatic heterocycles. The van der Waals surface area contributed by atoms with E-state index >= 15 is 0 Å². The molecular formula is C8H17N. The summed E-state index contributed by atoms with van der Waals surface area (Å²) in [6.07, 6.45) is 3.91. The number of hydrogen-bond acceptors (Lipinski definition) is 1. The molecule has 0 saturated heterocycles. The van der Waals surface area contributed by atoms with Crippen molar-refractivity contribution in [2.45, 2.75) is 39.2 Å². The van der Waals surface area contributed by atoms with Crippen LogP contribution >= 0.6 is 0 Å². The van der Waals surface area contributed by atoms with Crippen LogP contribution in [0.3, 0.4) is 0 Å². The summed E-state index contributed by atoms with van der Waals surface area (Å²) in [6, 6.07) is 0.487. The molecule has 0 aliphatic heterocycles. The van der Waals surface area contributed by atoms with Crippen molar-refractivity contribution in [2.75, 3.05) is 0 Å². The topological polar surface area (TPSA) is 26.0 Å². The average molecular weight is 127 g/mol. The van der Waals surface area contributed by atoms with Crippen LogP contribution in [0.5, 0.6) is 0 Å². The van der Waals surface area contributed by atoms with Crippen molar-refractivity contribution in [1.29, 1.82) is 0 Å². The van der Waals surface area contributed by atoms with E-state index in [-0.39, 0.29) is 0 Å². The van der Waals surface area contributed by atoms with Crippen LogP contribution in [0.2, 0.25) is 0 Å². The van der Waals surface area contributed by atoms with Gasteiger partial charge < -0.3 is 5.73 Å². The fraction of sp³-hybridized carbons (Fsp3) is 1.00. The molecule has 3 atom stereocenters. The largest absolute Gasteiger partial charge is 0.327 e. The van der Waals surface area contributed by atoms with Crippen LogP contribution < -0.4 is 5.73 Å². The van der Waals surface area contributed by atoms with Gasteiger partial charge in [0.1, 0.15) is 0 Å². The molecule has 2 N–H and O–H groups in total. The molecule has 1 heteroatoms. The fourth-order valence-electron chi connectivity index (χ4n) is 1.69. The van der Waals surface area contributed by atoms with Gasteiger partial charge in [-0.3, -0.25) is 0 Å². The highest BCUT2D eigenvalue weighted by Gasteiger charge is 2.21. The summed E-state index contributed by atoms with van der Waals surface area (Å²) in [5.74, 6) is 1.67. The summed E-state index contributed by atoms with van der Waals surface area (Å²) < 4.78 is 0. The highest BCUT2D eigenvalue weighted by atomic mass is 14.7. The number of nitrogens with two attached hydrogens (primary N) is 1. The quantitative estimate of drug-likeness (QED) is 0.527. The van der Waals surface area contributed by atoms with E-state index in [1.165, 1.54) is 19.3 Å². The first-order valence-corrected chi connectivity index (χ1v) is 3.95. The van der Waals surface area contributed by atoms with Gasteiger partial charge in [0.15, 0.2) is 0 Å². The lowest BCUT2D eigenvalue weighted by molar-refractivity contribution is 0.263. The zero-order valence-electron chi connectivity index (χ0n) is 6.43. The lowest BCUT2D eigenvalue weighted by Gasteiger charge is -2.29. The summed E-state index contributed by atoms with van der Waals surface area (Å²) in [5, 5.41) is 0. The minimum absolute atomic E-state index is 0.487. The number of rotatable bonds is 0. The van der Waals surface area contributed by atoms with E-state index in [1.807, 2.05) is 0 Å². The SMILES string of the molecule is CC1C[C@H](C)CC[C@@H]1N. The molecule has 0 radical (unpaired) electrons. The van der Waals surface area contributed by atoms with Crippen LogP contribution in [0.25, 0.3) is 0 Å². The molecule has 1 aliphatic rings. The van der Waals surface area contributed by atoms with Gasteiger partial charge in [0.2, 0.25) is 0 Å². The second-order valence-electron chi connectivity index (χ2n) is 3.56. The third kappa shape index (κ3) is 1.68. The van der Waals surface area contributed by atoms with Gasteiger partial charge in [-0.2, -0.15) is 0 Å². The predicted molar refractivity (Wildman–Crippen MR) is 40.2 cm³/mol. The molecule has 0 bridgehead atoms. The Kier molecular flexibility index (Phi) is 2.12. The summed E-state index contributed by atoms with van der Waals surface area (Å²) >= 11 is 0. The Bertz CT molecular complexity index is 90.6. The van der Waals surface area contributed by atoms with Crippen LogP contribution in [-0.4, -0.2) is 6.04 Å². The van der Waals surface area contributed by atoms with Gasteiger partial charge in [-0.25, -0.2) is 0 Å². The molecule has 1 rings (SSSR count). The van der Waals surface area contributed by atoms with Gasteiger partial charge in [-0.1, -0.05) is 13.8 Å². The molecule has 1 nitrogen and oxygen atoms in total. The first kappa shape index (κ1) is 7.07. The second kappa shape index (κ2) is 2.70. The lowest BCUT2D eigenvalue weighted by Crippen LogP contribution is -2.33. The minimum Gasteiger partial charge on any atom is -0.327 e. The molecule has 9 heavy (non-hydrogen) atoms. The molecule has 0 amide bonds. The molecule has 1 aliphatic carbocycles. The standard InChI is InChI=1S/C8H17N/c1-6-3-4-8(9)7(2)5-6/h6-8H,3-5,9H2,1-2H3/t6-,7?,8+/m1/s1. The summed E-state index contributed by atoms with van der Waals surface area (Å²) in [5.41, 5.74) is 5.84. The van der Waals surface area contributed by atoms with E-state index in [1.54, 1.807) is 0 Å². The Hall–Kier alpha value is -0.0400. The lowest BCUT2D eigenvalue weighted by atomic mass is 9.80. The van der Waals surface area contributed by atoms with Gasteiger partial charge >= 0.3 is 0 Å². The molecule has 54 valence electrons. The van der Waals surface area contributed by atoms with E-state index < -0.39 is 0 Å². The van der Waals surface area contributed by atoms with Gasteiger partial charge in [0.25, 0.3) is 0 Å². The second-order valence-corrected chi connectivity index (χ2v) is 3.56. The van der Waals surface area contributed by atoms with Gasteiger partial charge in [-0.05, 0) is 31.1 Å². The monoisotopic (exact) mass is 127 g/mol. The Morgan fingerprint density at radius 2 is 1.89 bits per heavy atom. The smallest absolute Gasteiger partial charge is 0.00647 e. The van der Waals surface area contributed by atoms with Crippen molar-refractivity contribution < 1.29 is 0 Å². The first-order valence-electron chi connectivity index (χ1n) is 3.95.